The van der Waals surface area contributed by atoms with Crippen molar-refractivity contribution >= 4 is 5.82 Å². The summed E-state index contributed by atoms with van der Waals surface area (Å²) in [6.07, 6.45) is 3.27. The number of rotatable bonds is 1. The van der Waals surface area contributed by atoms with Crippen LogP contribution in [0.25, 0.3) is 11.5 Å². The molecule has 6 nitrogen and oxygen atoms in total. The molecule has 2 aromatic rings. The zero-order chi connectivity index (χ0) is 7.68. The van der Waals surface area contributed by atoms with Gasteiger partial charge < -0.3 is 10.7 Å². The first-order valence-electron chi connectivity index (χ1n) is 2.95. The summed E-state index contributed by atoms with van der Waals surface area (Å²) in [7, 11) is 0. The summed E-state index contributed by atoms with van der Waals surface area (Å²) >= 11 is 0. The monoisotopic (exact) mass is 151 g/mol. The summed E-state index contributed by atoms with van der Waals surface area (Å²) in [6, 6.07) is 0. The van der Waals surface area contributed by atoms with Crippen LogP contribution in [0, 0.1) is 0 Å². The maximum absolute atomic E-state index is 5.40. The van der Waals surface area contributed by atoms with Gasteiger partial charge in [-0.15, -0.1) is 0 Å². The molecule has 3 N–H and O–H groups in total. The molecule has 0 aliphatic carbocycles. The molecule has 11 heavy (non-hydrogen) atoms. The van der Waals surface area contributed by atoms with Crippen molar-refractivity contribution < 1.29 is 4.63 Å². The number of nitrogen functional groups attached to an aromatic ring is 1. The predicted molar refractivity (Wildman–Crippen MR) is 36.3 cm³/mol. The minimum absolute atomic E-state index is 0.236. The summed E-state index contributed by atoms with van der Waals surface area (Å²) in [4.78, 5) is 6.75. The molecule has 56 valence electrons. The van der Waals surface area contributed by atoms with Gasteiger partial charge in [-0.05, 0) is 10.3 Å². The molecule has 0 aromatic carbocycles. The summed E-state index contributed by atoms with van der Waals surface area (Å²) in [5.41, 5.74) is 5.84. The molecule has 0 bridgehead atoms. The third kappa shape index (κ3) is 0.841. The Hall–Kier alpha value is -1.85. The number of H-pyrrole nitrogens is 1. The van der Waals surface area contributed by atoms with Crippen molar-refractivity contribution in [2.24, 2.45) is 0 Å². The van der Waals surface area contributed by atoms with Crippen molar-refractivity contribution in [3.05, 3.63) is 12.4 Å². The van der Waals surface area contributed by atoms with Crippen LogP contribution < -0.4 is 5.73 Å². The Labute approximate surface area is 61.4 Å². The van der Waals surface area contributed by atoms with E-state index in [0.29, 0.717) is 11.5 Å². The summed E-state index contributed by atoms with van der Waals surface area (Å²) in [5.74, 6) is 0.795. The van der Waals surface area contributed by atoms with Crippen LogP contribution in [0.4, 0.5) is 5.82 Å². The van der Waals surface area contributed by atoms with E-state index < -0.39 is 0 Å². The molecule has 2 rings (SSSR count). The zero-order valence-electron chi connectivity index (χ0n) is 5.48. The highest BCUT2D eigenvalue weighted by atomic mass is 16.6. The topological polar surface area (TPSA) is 93.6 Å². The molecule has 0 fully saturated rings. The molecule has 0 radical (unpaired) electrons. The van der Waals surface area contributed by atoms with E-state index in [0.717, 1.165) is 0 Å². The second-order valence-electron chi connectivity index (χ2n) is 1.94. The molecule has 0 aliphatic heterocycles. The lowest BCUT2D eigenvalue weighted by Crippen LogP contribution is -1.89. The van der Waals surface area contributed by atoms with Crippen molar-refractivity contribution in [1.29, 1.82) is 0 Å². The standard InChI is InChI=1S/C5H5N5O/c6-4-3(9-11-10-4)5-7-1-2-8-5/h1-2H,(H2,6,10)(H,7,8). The first-order valence-corrected chi connectivity index (χ1v) is 2.95. The Balaban J connectivity index is 2.53. The fourth-order valence-electron chi connectivity index (χ4n) is 0.755. The number of imidazole rings is 1. The van der Waals surface area contributed by atoms with Crippen LogP contribution in [0.2, 0.25) is 0 Å². The number of hydrogen-bond donors (Lipinski definition) is 2. The van der Waals surface area contributed by atoms with Crippen molar-refractivity contribution in [3.8, 4) is 11.5 Å². The smallest absolute Gasteiger partial charge is 0.199 e. The molecule has 0 aliphatic rings. The van der Waals surface area contributed by atoms with Gasteiger partial charge in [0.1, 0.15) is 0 Å². The van der Waals surface area contributed by atoms with Gasteiger partial charge in [0.05, 0.1) is 0 Å². The third-order valence-electron chi connectivity index (χ3n) is 1.24. The second-order valence-corrected chi connectivity index (χ2v) is 1.94. The summed E-state index contributed by atoms with van der Waals surface area (Å²) in [6.45, 7) is 0. The first kappa shape index (κ1) is 5.90. The number of anilines is 1. The highest BCUT2D eigenvalue weighted by Crippen LogP contribution is 2.16. The van der Waals surface area contributed by atoms with Gasteiger partial charge in [0.25, 0.3) is 0 Å². The summed E-state index contributed by atoms with van der Waals surface area (Å²) in [5, 5.41) is 6.96. The molecule has 0 saturated heterocycles. The highest BCUT2D eigenvalue weighted by Gasteiger charge is 2.09. The second kappa shape index (κ2) is 2.08. The van der Waals surface area contributed by atoms with Gasteiger partial charge >= 0.3 is 0 Å². The van der Waals surface area contributed by atoms with E-state index in [1.807, 2.05) is 0 Å². The highest BCUT2D eigenvalue weighted by molar-refractivity contribution is 5.61. The van der Waals surface area contributed by atoms with Crippen LogP contribution in [0.5, 0.6) is 0 Å². The zero-order valence-corrected chi connectivity index (χ0v) is 5.48. The van der Waals surface area contributed by atoms with E-state index in [9.17, 15) is 0 Å². The Morgan fingerprint density at radius 3 is 2.91 bits per heavy atom. The van der Waals surface area contributed by atoms with Gasteiger partial charge in [0.2, 0.25) is 0 Å². The van der Waals surface area contributed by atoms with E-state index in [4.69, 9.17) is 5.73 Å². The van der Waals surface area contributed by atoms with Gasteiger partial charge in [-0.25, -0.2) is 9.61 Å². The number of nitrogens with one attached hydrogen (secondary N) is 1. The Morgan fingerprint density at radius 2 is 2.36 bits per heavy atom. The van der Waals surface area contributed by atoms with Crippen molar-refractivity contribution in [2.45, 2.75) is 0 Å². The lowest BCUT2D eigenvalue weighted by atomic mass is 10.4. The molecular formula is C5H5N5O. The van der Waals surface area contributed by atoms with Crippen molar-refractivity contribution in [2.75, 3.05) is 5.73 Å². The number of nitrogens with two attached hydrogens (primary N) is 1. The summed E-state index contributed by atoms with van der Waals surface area (Å²) < 4.78 is 4.38. The SMILES string of the molecule is Nc1nonc1-c1ncc[nH]1. The maximum Gasteiger partial charge on any atom is 0.199 e. The molecule has 0 saturated carbocycles. The average molecular weight is 151 g/mol. The van der Waals surface area contributed by atoms with E-state index in [1.54, 1.807) is 12.4 Å². The molecule has 0 spiro atoms. The predicted octanol–water partition coefficient (Wildman–Crippen LogP) is 0.0419. The number of aromatic amines is 1. The molecule has 2 heterocycles. The quantitative estimate of drug-likeness (QED) is 0.600. The maximum atomic E-state index is 5.40. The van der Waals surface area contributed by atoms with Crippen LogP contribution in [-0.4, -0.2) is 20.3 Å². The fraction of sp³-hybridized carbons (Fsp3) is 0. The van der Waals surface area contributed by atoms with Crippen LogP contribution in [0.3, 0.4) is 0 Å². The van der Waals surface area contributed by atoms with Gasteiger partial charge in [0, 0.05) is 12.4 Å². The van der Waals surface area contributed by atoms with Gasteiger partial charge in [-0.1, -0.05) is 0 Å². The molecule has 0 unspecified atom stereocenters. The van der Waals surface area contributed by atoms with Gasteiger partial charge in [0.15, 0.2) is 17.3 Å². The Bertz CT molecular complexity index is 337. The normalized spacial score (nSPS) is 10.2. The lowest BCUT2D eigenvalue weighted by Gasteiger charge is -1.85. The fourth-order valence-corrected chi connectivity index (χ4v) is 0.755. The van der Waals surface area contributed by atoms with Crippen molar-refractivity contribution in [1.82, 2.24) is 20.3 Å². The molecule has 6 heteroatoms. The van der Waals surface area contributed by atoms with Gasteiger partial charge in [-0.3, -0.25) is 0 Å². The largest absolute Gasteiger partial charge is 0.379 e. The van der Waals surface area contributed by atoms with Gasteiger partial charge in [-0.2, -0.15) is 0 Å². The first-order chi connectivity index (χ1) is 5.38. The number of hydrogen-bond acceptors (Lipinski definition) is 5. The van der Waals surface area contributed by atoms with Crippen molar-refractivity contribution in [3.63, 3.8) is 0 Å². The molecular weight excluding hydrogens is 146 g/mol. The molecule has 2 aromatic heterocycles. The third-order valence-corrected chi connectivity index (χ3v) is 1.24. The lowest BCUT2D eigenvalue weighted by molar-refractivity contribution is 0.310. The van der Waals surface area contributed by atoms with E-state index in [-0.39, 0.29) is 5.82 Å². The minimum Gasteiger partial charge on any atom is -0.379 e. The Morgan fingerprint density at radius 1 is 1.45 bits per heavy atom. The van der Waals surface area contributed by atoms with Crippen LogP contribution in [0.15, 0.2) is 17.0 Å². The molecule has 0 atom stereocenters. The number of nitrogens with zero attached hydrogens (tertiary/aromatic N) is 3. The minimum atomic E-state index is 0.236. The van der Waals surface area contributed by atoms with Crippen LogP contribution in [-0.2, 0) is 0 Å². The van der Waals surface area contributed by atoms with E-state index in [2.05, 4.69) is 24.9 Å². The Kier molecular flexibility index (Phi) is 1.12. The van der Waals surface area contributed by atoms with Crippen LogP contribution in [0.1, 0.15) is 0 Å². The van der Waals surface area contributed by atoms with E-state index >= 15 is 0 Å². The average Bonchev–Trinajstić information content (AvgIpc) is 2.55. The van der Waals surface area contributed by atoms with Crippen LogP contribution >= 0.6 is 0 Å². The molecule has 0 amide bonds. The van der Waals surface area contributed by atoms with E-state index in [1.165, 1.54) is 0 Å². The number of aromatic nitrogens is 4.